The number of ether oxygens (including phenoxy) is 1. The summed E-state index contributed by atoms with van der Waals surface area (Å²) in [6.45, 7) is 1.62. The zero-order valence-corrected chi connectivity index (χ0v) is 11.8. The first kappa shape index (κ1) is 13.6. The number of hydrogen-bond donors (Lipinski definition) is 2. The van der Waals surface area contributed by atoms with Gasteiger partial charge in [0.25, 0.3) is 5.91 Å². The molecule has 3 rings (SSSR count). The van der Waals surface area contributed by atoms with Crippen LogP contribution in [0.15, 0.2) is 24.5 Å². The summed E-state index contributed by atoms with van der Waals surface area (Å²) in [5.74, 6) is 1.56. The van der Waals surface area contributed by atoms with Crippen molar-refractivity contribution in [3.63, 3.8) is 0 Å². The van der Waals surface area contributed by atoms with Gasteiger partial charge in [-0.3, -0.25) is 4.79 Å². The summed E-state index contributed by atoms with van der Waals surface area (Å²) < 4.78 is 7.24. The van der Waals surface area contributed by atoms with E-state index in [0.717, 1.165) is 42.3 Å². The molecule has 0 fully saturated rings. The molecule has 0 spiro atoms. The maximum atomic E-state index is 11.3. The lowest BCUT2D eigenvalue weighted by molar-refractivity contribution is -0.118. The smallest absolute Gasteiger partial charge is 0.262 e. The molecular formula is C14H17N5O2. The van der Waals surface area contributed by atoms with Gasteiger partial charge >= 0.3 is 0 Å². The molecule has 1 aliphatic heterocycles. The van der Waals surface area contributed by atoms with Crippen LogP contribution in [0, 0.1) is 0 Å². The molecule has 7 nitrogen and oxygen atoms in total. The Bertz CT molecular complexity index is 653. The lowest BCUT2D eigenvalue weighted by atomic mass is 10.1. The van der Waals surface area contributed by atoms with Gasteiger partial charge in [0.2, 0.25) is 0 Å². The quantitative estimate of drug-likeness (QED) is 0.782. The Labute approximate surface area is 122 Å². The van der Waals surface area contributed by atoms with Gasteiger partial charge in [-0.05, 0) is 17.7 Å². The number of carbonyl (C=O) groups excluding carboxylic acids is 1. The maximum absolute atomic E-state index is 11.3. The van der Waals surface area contributed by atoms with E-state index in [1.54, 1.807) is 6.33 Å². The zero-order chi connectivity index (χ0) is 14.7. The van der Waals surface area contributed by atoms with Crippen LogP contribution in [-0.2, 0) is 24.8 Å². The molecule has 0 bridgehead atoms. The number of carbonyl (C=O) groups is 1. The molecule has 1 aromatic heterocycles. The minimum Gasteiger partial charge on any atom is -0.482 e. The Balaban J connectivity index is 1.53. The normalized spacial score (nSPS) is 13.5. The Morgan fingerprint density at radius 1 is 1.48 bits per heavy atom. The van der Waals surface area contributed by atoms with Crippen molar-refractivity contribution in [2.24, 2.45) is 7.05 Å². The average Bonchev–Trinajstić information content (AvgIpc) is 2.88. The number of benzene rings is 1. The van der Waals surface area contributed by atoms with E-state index in [0.29, 0.717) is 0 Å². The van der Waals surface area contributed by atoms with Crippen LogP contribution >= 0.6 is 0 Å². The van der Waals surface area contributed by atoms with E-state index >= 15 is 0 Å². The third kappa shape index (κ3) is 3.19. The molecule has 1 amide bonds. The third-order valence-corrected chi connectivity index (χ3v) is 3.34. The SMILES string of the molecule is Cn1cnnc1CCNCc1ccc2c(c1)NC(=O)CO2. The molecule has 0 atom stereocenters. The van der Waals surface area contributed by atoms with Gasteiger partial charge in [0, 0.05) is 26.6 Å². The van der Waals surface area contributed by atoms with Crippen molar-refractivity contribution < 1.29 is 9.53 Å². The van der Waals surface area contributed by atoms with Crippen molar-refractivity contribution in [3.05, 3.63) is 35.9 Å². The molecule has 0 unspecified atom stereocenters. The topological polar surface area (TPSA) is 81.1 Å². The molecule has 1 aromatic carbocycles. The lowest BCUT2D eigenvalue weighted by Crippen LogP contribution is -2.25. The summed E-state index contributed by atoms with van der Waals surface area (Å²) in [7, 11) is 1.93. The standard InChI is InChI=1S/C14H17N5O2/c1-19-9-16-18-13(19)4-5-15-7-10-2-3-12-11(6-10)17-14(20)8-21-12/h2-3,6,9,15H,4-5,7-8H2,1H3,(H,17,20). The molecule has 7 heteroatoms. The predicted molar refractivity (Wildman–Crippen MR) is 77.0 cm³/mol. The first-order chi connectivity index (χ1) is 10.2. The van der Waals surface area contributed by atoms with E-state index in [-0.39, 0.29) is 12.5 Å². The molecule has 0 saturated carbocycles. The van der Waals surface area contributed by atoms with Crippen molar-refractivity contribution in [1.82, 2.24) is 20.1 Å². The Kier molecular flexibility index (Phi) is 3.83. The summed E-state index contributed by atoms with van der Waals surface area (Å²) in [4.78, 5) is 11.3. The van der Waals surface area contributed by atoms with Gasteiger partial charge < -0.3 is 19.9 Å². The highest BCUT2D eigenvalue weighted by Crippen LogP contribution is 2.28. The molecule has 2 heterocycles. The summed E-state index contributed by atoms with van der Waals surface area (Å²) >= 11 is 0. The largest absolute Gasteiger partial charge is 0.482 e. The second-order valence-electron chi connectivity index (χ2n) is 4.95. The fraction of sp³-hybridized carbons (Fsp3) is 0.357. The zero-order valence-electron chi connectivity index (χ0n) is 11.8. The van der Waals surface area contributed by atoms with Gasteiger partial charge in [-0.2, -0.15) is 0 Å². The number of hydrogen-bond acceptors (Lipinski definition) is 5. The second-order valence-corrected chi connectivity index (χ2v) is 4.95. The van der Waals surface area contributed by atoms with Crippen molar-refractivity contribution >= 4 is 11.6 Å². The molecule has 0 radical (unpaired) electrons. The summed E-state index contributed by atoms with van der Waals surface area (Å²) in [6.07, 6.45) is 2.52. The number of nitrogens with one attached hydrogen (secondary N) is 2. The molecule has 2 N–H and O–H groups in total. The average molecular weight is 287 g/mol. The second kappa shape index (κ2) is 5.92. The van der Waals surface area contributed by atoms with Crippen LogP contribution in [0.2, 0.25) is 0 Å². The van der Waals surface area contributed by atoms with Gasteiger partial charge in [0.15, 0.2) is 6.61 Å². The number of aryl methyl sites for hydroxylation is 1. The van der Waals surface area contributed by atoms with Crippen molar-refractivity contribution in [2.45, 2.75) is 13.0 Å². The Morgan fingerprint density at radius 3 is 3.19 bits per heavy atom. The molecule has 1 aliphatic rings. The highest BCUT2D eigenvalue weighted by atomic mass is 16.5. The van der Waals surface area contributed by atoms with Gasteiger partial charge in [0.05, 0.1) is 5.69 Å². The number of nitrogens with zero attached hydrogens (tertiary/aromatic N) is 3. The fourth-order valence-electron chi connectivity index (χ4n) is 2.21. The van der Waals surface area contributed by atoms with E-state index in [4.69, 9.17) is 4.74 Å². The van der Waals surface area contributed by atoms with Crippen LogP contribution in [0.4, 0.5) is 5.69 Å². The van der Waals surface area contributed by atoms with E-state index in [9.17, 15) is 4.79 Å². The lowest BCUT2D eigenvalue weighted by Gasteiger charge is -2.18. The molecule has 0 saturated heterocycles. The molecule has 0 aliphatic carbocycles. The van der Waals surface area contributed by atoms with E-state index in [1.807, 2.05) is 29.8 Å². The number of fused-ring (bicyclic) bond motifs is 1. The number of aromatic nitrogens is 3. The molecule has 21 heavy (non-hydrogen) atoms. The number of rotatable bonds is 5. The molecular weight excluding hydrogens is 270 g/mol. The van der Waals surface area contributed by atoms with Gasteiger partial charge in [-0.15, -0.1) is 10.2 Å². The Hall–Kier alpha value is -2.41. The van der Waals surface area contributed by atoms with Gasteiger partial charge in [0.1, 0.15) is 17.9 Å². The maximum Gasteiger partial charge on any atom is 0.262 e. The van der Waals surface area contributed by atoms with Crippen LogP contribution in [0.3, 0.4) is 0 Å². The van der Waals surface area contributed by atoms with Crippen LogP contribution in [0.25, 0.3) is 0 Å². The van der Waals surface area contributed by atoms with Crippen LogP contribution in [0.1, 0.15) is 11.4 Å². The third-order valence-electron chi connectivity index (χ3n) is 3.34. The summed E-state index contributed by atoms with van der Waals surface area (Å²) in [5, 5.41) is 14.0. The van der Waals surface area contributed by atoms with Crippen molar-refractivity contribution in [2.75, 3.05) is 18.5 Å². The summed E-state index contributed by atoms with van der Waals surface area (Å²) in [5.41, 5.74) is 1.83. The van der Waals surface area contributed by atoms with Crippen LogP contribution < -0.4 is 15.4 Å². The Morgan fingerprint density at radius 2 is 2.38 bits per heavy atom. The van der Waals surface area contributed by atoms with Crippen LogP contribution in [0.5, 0.6) is 5.75 Å². The van der Waals surface area contributed by atoms with Crippen LogP contribution in [-0.4, -0.2) is 33.8 Å². The number of amides is 1. The minimum absolute atomic E-state index is 0.0856. The van der Waals surface area contributed by atoms with E-state index in [1.165, 1.54) is 0 Å². The summed E-state index contributed by atoms with van der Waals surface area (Å²) in [6, 6.07) is 5.81. The van der Waals surface area contributed by atoms with Crippen molar-refractivity contribution in [1.29, 1.82) is 0 Å². The first-order valence-corrected chi connectivity index (χ1v) is 6.81. The van der Waals surface area contributed by atoms with E-state index in [2.05, 4.69) is 20.8 Å². The van der Waals surface area contributed by atoms with Gasteiger partial charge in [-0.1, -0.05) is 6.07 Å². The number of anilines is 1. The first-order valence-electron chi connectivity index (χ1n) is 6.81. The highest BCUT2D eigenvalue weighted by molar-refractivity contribution is 5.95. The monoisotopic (exact) mass is 287 g/mol. The predicted octanol–water partition coefficient (Wildman–Crippen LogP) is 0.478. The molecule has 110 valence electrons. The fourth-order valence-corrected chi connectivity index (χ4v) is 2.21. The molecule has 2 aromatic rings. The highest BCUT2D eigenvalue weighted by Gasteiger charge is 2.15. The van der Waals surface area contributed by atoms with Crippen molar-refractivity contribution in [3.8, 4) is 5.75 Å². The van der Waals surface area contributed by atoms with Gasteiger partial charge in [-0.25, -0.2) is 0 Å². The minimum atomic E-state index is -0.116. The van der Waals surface area contributed by atoms with E-state index < -0.39 is 0 Å².